The molecule has 1 amide bonds. The molecule has 0 saturated carbocycles. The van der Waals surface area contributed by atoms with Crippen LogP contribution in [0.1, 0.15) is 43.4 Å². The molecule has 1 fully saturated rings. The zero-order valence-corrected chi connectivity index (χ0v) is 23.1. The summed E-state index contributed by atoms with van der Waals surface area (Å²) in [6.07, 6.45) is 3.82. The molecule has 3 aliphatic rings. The molecule has 4 atom stereocenters. The minimum atomic E-state index is -1.37. The Balaban J connectivity index is 1.50. The van der Waals surface area contributed by atoms with Gasteiger partial charge in [0.25, 0.3) is 0 Å². The van der Waals surface area contributed by atoms with Gasteiger partial charge in [0.15, 0.2) is 11.6 Å². The van der Waals surface area contributed by atoms with E-state index in [1.54, 1.807) is 62.8 Å². The first-order valence-electron chi connectivity index (χ1n) is 13.8. The van der Waals surface area contributed by atoms with E-state index in [1.807, 2.05) is 65.7 Å². The van der Waals surface area contributed by atoms with Crippen LogP contribution in [0.2, 0.25) is 0 Å². The van der Waals surface area contributed by atoms with Crippen molar-refractivity contribution in [2.75, 3.05) is 19.5 Å². The predicted molar refractivity (Wildman–Crippen MR) is 159 cm³/mol. The first-order chi connectivity index (χ1) is 20.5. The summed E-state index contributed by atoms with van der Waals surface area (Å²) >= 11 is 0. The van der Waals surface area contributed by atoms with Crippen LogP contribution < -0.4 is 14.8 Å². The smallest absolute Gasteiger partial charge is 0.238 e. The lowest BCUT2D eigenvalue weighted by molar-refractivity contribution is -0.122. The number of nitrogens with one attached hydrogen (secondary N) is 1. The van der Waals surface area contributed by atoms with E-state index >= 15 is 0 Å². The van der Waals surface area contributed by atoms with Crippen molar-refractivity contribution in [1.82, 2.24) is 4.90 Å². The Hall–Kier alpha value is -5.17. The molecule has 208 valence electrons. The first-order valence-corrected chi connectivity index (χ1v) is 13.8. The molecule has 3 heterocycles. The molecule has 1 N–H and O–H groups in total. The second-order valence-electron chi connectivity index (χ2n) is 10.8. The van der Waals surface area contributed by atoms with Crippen molar-refractivity contribution in [3.8, 4) is 11.5 Å². The summed E-state index contributed by atoms with van der Waals surface area (Å²) in [5, 5.41) is 3.07. The molecule has 42 heavy (non-hydrogen) atoms. The Morgan fingerprint density at radius 1 is 0.762 bits per heavy atom. The summed E-state index contributed by atoms with van der Waals surface area (Å²) in [7, 11) is 3.13. The van der Waals surface area contributed by atoms with Gasteiger partial charge in [-0.3, -0.25) is 14.4 Å². The summed E-state index contributed by atoms with van der Waals surface area (Å²) in [6, 6.07) is 27.5. The number of para-hydroxylation sites is 1. The zero-order valence-electron chi connectivity index (χ0n) is 23.1. The van der Waals surface area contributed by atoms with E-state index in [0.717, 1.165) is 11.1 Å². The summed E-state index contributed by atoms with van der Waals surface area (Å²) in [6.45, 7) is 0. The molecule has 3 aliphatic heterocycles. The summed E-state index contributed by atoms with van der Waals surface area (Å²) in [5.41, 5.74) is 2.67. The van der Waals surface area contributed by atoms with Crippen molar-refractivity contribution in [1.29, 1.82) is 0 Å². The van der Waals surface area contributed by atoms with E-state index in [-0.39, 0.29) is 17.5 Å². The number of ketones is 2. The molecule has 0 bridgehead atoms. The predicted octanol–water partition coefficient (Wildman–Crippen LogP) is 5.69. The number of carbonyl (C=O) groups is 3. The Kier molecular flexibility index (Phi) is 5.97. The van der Waals surface area contributed by atoms with Gasteiger partial charge in [0.1, 0.15) is 23.0 Å². The third-order valence-corrected chi connectivity index (χ3v) is 8.87. The number of methoxy groups -OCH3 is 2. The first kappa shape index (κ1) is 25.8. The van der Waals surface area contributed by atoms with E-state index in [9.17, 15) is 14.4 Å². The maximum absolute atomic E-state index is 14.8. The van der Waals surface area contributed by atoms with E-state index in [4.69, 9.17) is 9.47 Å². The van der Waals surface area contributed by atoms with Crippen LogP contribution in [-0.4, -0.2) is 42.6 Å². The van der Waals surface area contributed by atoms with Gasteiger partial charge in [0, 0.05) is 23.0 Å². The number of anilines is 1. The fraction of sp³-hybridized carbons (Fsp3) is 0.171. The average molecular weight is 557 g/mol. The van der Waals surface area contributed by atoms with E-state index < -0.39 is 23.4 Å². The van der Waals surface area contributed by atoms with Gasteiger partial charge in [0.2, 0.25) is 5.91 Å². The highest BCUT2D eigenvalue weighted by Crippen LogP contribution is 2.62. The molecule has 7 rings (SSSR count). The monoisotopic (exact) mass is 556 g/mol. The summed E-state index contributed by atoms with van der Waals surface area (Å²) in [5.74, 6) is -0.624. The third-order valence-electron chi connectivity index (χ3n) is 8.87. The van der Waals surface area contributed by atoms with Crippen molar-refractivity contribution >= 4 is 29.2 Å². The van der Waals surface area contributed by atoms with Gasteiger partial charge >= 0.3 is 0 Å². The molecule has 7 heteroatoms. The van der Waals surface area contributed by atoms with Gasteiger partial charge in [-0.2, -0.15) is 0 Å². The van der Waals surface area contributed by atoms with E-state index in [1.165, 1.54) is 0 Å². The van der Waals surface area contributed by atoms with Gasteiger partial charge in [-0.15, -0.1) is 0 Å². The minimum Gasteiger partial charge on any atom is -0.497 e. The lowest BCUT2D eigenvalue weighted by Gasteiger charge is -2.38. The highest BCUT2D eigenvalue weighted by atomic mass is 16.5. The molecule has 1 spiro atoms. The molecule has 0 aliphatic carbocycles. The molecular weight excluding hydrogens is 528 g/mol. The number of benzene rings is 4. The highest BCUT2D eigenvalue weighted by Gasteiger charge is 2.70. The number of hydrogen-bond acceptors (Lipinski definition) is 6. The number of Topliss-reactive ketones (excluding diaryl/α,β-unsaturated/α-hetero) is 2. The fourth-order valence-electron chi connectivity index (χ4n) is 7.03. The quantitative estimate of drug-likeness (QED) is 0.308. The minimum absolute atomic E-state index is 0.243. The fourth-order valence-corrected chi connectivity index (χ4v) is 7.03. The maximum atomic E-state index is 14.8. The number of carbonyl (C=O) groups excluding carboxylic acids is 3. The van der Waals surface area contributed by atoms with Crippen molar-refractivity contribution in [2.45, 2.75) is 17.5 Å². The van der Waals surface area contributed by atoms with Gasteiger partial charge < -0.3 is 19.7 Å². The van der Waals surface area contributed by atoms with E-state index in [2.05, 4.69) is 5.32 Å². The molecule has 4 aromatic rings. The standard InChI is InChI=1S/C35H28N2O5/c1-41-24-15-11-22(12-16-24)31(38)29-30(32(39)23-13-17-25(42-2)18-14-23)37-20-19-21-7-3-4-8-26(21)33(37)35(29)27-9-5-6-10-28(27)36-34(35)40/h3-20,29-30,33H,1-2H3,(H,36,40)/t29-,30+,33-,35-/m1/s1. The van der Waals surface area contributed by atoms with Crippen LogP contribution in [0.15, 0.2) is 103 Å². The molecule has 4 aromatic carbocycles. The van der Waals surface area contributed by atoms with Crippen LogP contribution >= 0.6 is 0 Å². The Morgan fingerprint density at radius 2 is 1.36 bits per heavy atom. The Bertz CT molecular complexity index is 1760. The van der Waals surface area contributed by atoms with E-state index in [0.29, 0.717) is 33.9 Å². The molecule has 0 unspecified atom stereocenters. The van der Waals surface area contributed by atoms with Crippen molar-refractivity contribution in [3.05, 3.63) is 131 Å². The number of nitrogens with zero attached hydrogens (tertiary/aromatic N) is 1. The van der Waals surface area contributed by atoms with Gasteiger partial charge in [-0.25, -0.2) is 0 Å². The summed E-state index contributed by atoms with van der Waals surface area (Å²) in [4.78, 5) is 45.8. The number of rotatable bonds is 6. The SMILES string of the molecule is COc1ccc(C(=O)[C@@H]2[C@H](C(=O)c3ccc(OC)cc3)[C@@]3(C(=O)Nc4ccccc43)[C@H]3c4ccccc4C=CN23)cc1. The van der Waals surface area contributed by atoms with Gasteiger partial charge in [-0.1, -0.05) is 42.5 Å². The highest BCUT2D eigenvalue weighted by molar-refractivity contribution is 6.16. The zero-order chi connectivity index (χ0) is 29.0. The van der Waals surface area contributed by atoms with Crippen LogP contribution in [0.5, 0.6) is 11.5 Å². The lowest BCUT2D eigenvalue weighted by atomic mass is 9.62. The van der Waals surface area contributed by atoms with Crippen LogP contribution in [0.3, 0.4) is 0 Å². The molecule has 0 radical (unpaired) electrons. The van der Waals surface area contributed by atoms with Crippen LogP contribution in [0.25, 0.3) is 6.08 Å². The summed E-state index contributed by atoms with van der Waals surface area (Å²) < 4.78 is 10.6. The topological polar surface area (TPSA) is 84.9 Å². The van der Waals surface area contributed by atoms with Crippen LogP contribution in [0, 0.1) is 5.92 Å². The number of amides is 1. The Morgan fingerprint density at radius 3 is 2.02 bits per heavy atom. The van der Waals surface area contributed by atoms with Crippen molar-refractivity contribution < 1.29 is 23.9 Å². The molecule has 1 saturated heterocycles. The third kappa shape index (κ3) is 3.56. The lowest BCUT2D eigenvalue weighted by Crippen LogP contribution is -2.49. The molecule has 0 aromatic heterocycles. The maximum Gasteiger partial charge on any atom is 0.238 e. The number of ether oxygens (including phenoxy) is 2. The van der Waals surface area contributed by atoms with Crippen molar-refractivity contribution in [2.24, 2.45) is 5.92 Å². The van der Waals surface area contributed by atoms with Gasteiger partial charge in [0.05, 0.1) is 26.2 Å². The average Bonchev–Trinajstić information content (AvgIpc) is 3.52. The Labute approximate surface area is 243 Å². The van der Waals surface area contributed by atoms with Gasteiger partial charge in [-0.05, 0) is 77.4 Å². The molecular formula is C35H28N2O5. The second-order valence-corrected chi connectivity index (χ2v) is 10.8. The van der Waals surface area contributed by atoms with Crippen LogP contribution in [0.4, 0.5) is 5.69 Å². The normalized spacial score (nSPS) is 23.1. The number of hydrogen-bond donors (Lipinski definition) is 1. The second kappa shape index (κ2) is 9.73. The number of fused-ring (bicyclic) bond motifs is 6. The molecule has 7 nitrogen and oxygen atoms in total. The van der Waals surface area contributed by atoms with Crippen LogP contribution in [-0.2, 0) is 10.2 Å². The van der Waals surface area contributed by atoms with Crippen molar-refractivity contribution in [3.63, 3.8) is 0 Å². The largest absolute Gasteiger partial charge is 0.497 e.